The van der Waals surface area contributed by atoms with E-state index in [1.807, 2.05) is 0 Å². The Morgan fingerprint density at radius 1 is 1.26 bits per heavy atom. The SMILES string of the molecule is CC1CCC(NCc2cccc3c2NCCC3)C1C. The molecule has 0 aromatic heterocycles. The highest BCUT2D eigenvalue weighted by Gasteiger charge is 2.29. The quantitative estimate of drug-likeness (QED) is 0.866. The molecular formula is C17H26N2. The fourth-order valence-electron chi connectivity index (χ4n) is 3.62. The van der Waals surface area contributed by atoms with Gasteiger partial charge in [-0.15, -0.1) is 0 Å². The van der Waals surface area contributed by atoms with E-state index < -0.39 is 0 Å². The van der Waals surface area contributed by atoms with Gasteiger partial charge in [0.2, 0.25) is 0 Å². The van der Waals surface area contributed by atoms with Crippen LogP contribution in [0.1, 0.15) is 44.2 Å². The number of benzene rings is 1. The van der Waals surface area contributed by atoms with Gasteiger partial charge in [-0.05, 0) is 48.6 Å². The van der Waals surface area contributed by atoms with Crippen LogP contribution in [0.5, 0.6) is 0 Å². The topological polar surface area (TPSA) is 24.1 Å². The van der Waals surface area contributed by atoms with Crippen molar-refractivity contribution in [2.75, 3.05) is 11.9 Å². The highest BCUT2D eigenvalue weighted by Crippen LogP contribution is 2.32. The van der Waals surface area contributed by atoms with Crippen molar-refractivity contribution in [3.63, 3.8) is 0 Å². The molecule has 1 aromatic carbocycles. The van der Waals surface area contributed by atoms with E-state index in [9.17, 15) is 0 Å². The summed E-state index contributed by atoms with van der Waals surface area (Å²) in [6, 6.07) is 7.46. The summed E-state index contributed by atoms with van der Waals surface area (Å²) in [5, 5.41) is 7.37. The monoisotopic (exact) mass is 258 g/mol. The minimum absolute atomic E-state index is 0.703. The lowest BCUT2D eigenvalue weighted by Gasteiger charge is -2.24. The van der Waals surface area contributed by atoms with Crippen LogP contribution in [0, 0.1) is 11.8 Å². The second-order valence-corrected chi connectivity index (χ2v) is 6.38. The van der Waals surface area contributed by atoms with Gasteiger partial charge in [0.05, 0.1) is 0 Å². The number of rotatable bonds is 3. The first-order valence-electron chi connectivity index (χ1n) is 7.83. The van der Waals surface area contributed by atoms with Gasteiger partial charge in [-0.2, -0.15) is 0 Å². The van der Waals surface area contributed by atoms with Gasteiger partial charge in [0.25, 0.3) is 0 Å². The third-order valence-corrected chi connectivity index (χ3v) is 5.18. The smallest absolute Gasteiger partial charge is 0.0418 e. The van der Waals surface area contributed by atoms with E-state index in [-0.39, 0.29) is 0 Å². The molecule has 0 amide bonds. The molecule has 0 saturated heterocycles. The van der Waals surface area contributed by atoms with Gasteiger partial charge in [-0.3, -0.25) is 0 Å². The molecule has 1 aliphatic heterocycles. The van der Waals surface area contributed by atoms with E-state index in [0.29, 0.717) is 6.04 Å². The summed E-state index contributed by atoms with van der Waals surface area (Å²) in [5.74, 6) is 1.69. The second-order valence-electron chi connectivity index (χ2n) is 6.38. The first-order chi connectivity index (χ1) is 9.25. The summed E-state index contributed by atoms with van der Waals surface area (Å²) in [6.07, 6.45) is 5.21. The van der Waals surface area contributed by atoms with Crippen molar-refractivity contribution in [1.82, 2.24) is 5.32 Å². The maximum absolute atomic E-state index is 3.79. The van der Waals surface area contributed by atoms with Crippen molar-refractivity contribution in [3.8, 4) is 0 Å². The molecule has 3 unspecified atom stereocenters. The van der Waals surface area contributed by atoms with E-state index in [2.05, 4.69) is 42.7 Å². The minimum Gasteiger partial charge on any atom is -0.385 e. The average molecular weight is 258 g/mol. The average Bonchev–Trinajstić information content (AvgIpc) is 2.76. The lowest BCUT2D eigenvalue weighted by atomic mass is 9.96. The van der Waals surface area contributed by atoms with Gasteiger partial charge in [0, 0.05) is 24.8 Å². The molecule has 104 valence electrons. The van der Waals surface area contributed by atoms with Crippen LogP contribution in [0.15, 0.2) is 18.2 Å². The Kier molecular flexibility index (Phi) is 3.79. The largest absolute Gasteiger partial charge is 0.385 e. The Balaban J connectivity index is 1.67. The standard InChI is InChI=1S/C17H26N2/c1-12-8-9-16(13(12)2)19-11-15-6-3-5-14-7-4-10-18-17(14)15/h3,5-6,12-13,16,18-19H,4,7-11H2,1-2H3. The number of fused-ring (bicyclic) bond motifs is 1. The van der Waals surface area contributed by atoms with Crippen LogP contribution in [-0.2, 0) is 13.0 Å². The molecule has 2 nitrogen and oxygen atoms in total. The molecule has 1 aliphatic carbocycles. The second kappa shape index (κ2) is 5.54. The summed E-state index contributed by atoms with van der Waals surface area (Å²) in [5.41, 5.74) is 4.35. The molecule has 1 fully saturated rings. The van der Waals surface area contributed by atoms with Gasteiger partial charge in [-0.1, -0.05) is 32.0 Å². The van der Waals surface area contributed by atoms with E-state index in [1.165, 1.54) is 42.5 Å². The molecule has 2 heteroatoms. The first kappa shape index (κ1) is 13.0. The molecule has 3 atom stereocenters. The zero-order valence-electron chi connectivity index (χ0n) is 12.2. The van der Waals surface area contributed by atoms with Crippen molar-refractivity contribution < 1.29 is 0 Å². The van der Waals surface area contributed by atoms with Crippen LogP contribution >= 0.6 is 0 Å². The number of nitrogens with one attached hydrogen (secondary N) is 2. The molecule has 1 saturated carbocycles. The summed E-state index contributed by atoms with van der Waals surface area (Å²) < 4.78 is 0. The van der Waals surface area contributed by atoms with Crippen LogP contribution in [-0.4, -0.2) is 12.6 Å². The lowest BCUT2D eigenvalue weighted by molar-refractivity contribution is 0.370. The van der Waals surface area contributed by atoms with Gasteiger partial charge in [0.1, 0.15) is 0 Å². The number of para-hydroxylation sites is 1. The molecule has 1 heterocycles. The molecule has 2 N–H and O–H groups in total. The Morgan fingerprint density at radius 2 is 2.16 bits per heavy atom. The number of anilines is 1. The molecule has 19 heavy (non-hydrogen) atoms. The van der Waals surface area contributed by atoms with E-state index >= 15 is 0 Å². The number of hydrogen-bond donors (Lipinski definition) is 2. The zero-order valence-corrected chi connectivity index (χ0v) is 12.2. The number of hydrogen-bond acceptors (Lipinski definition) is 2. The highest BCUT2D eigenvalue weighted by molar-refractivity contribution is 5.59. The van der Waals surface area contributed by atoms with E-state index in [1.54, 1.807) is 0 Å². The Bertz CT molecular complexity index is 441. The van der Waals surface area contributed by atoms with Crippen LogP contribution in [0.3, 0.4) is 0 Å². The van der Waals surface area contributed by atoms with Crippen LogP contribution < -0.4 is 10.6 Å². The predicted octanol–water partition coefficient (Wildman–Crippen LogP) is 3.57. The maximum Gasteiger partial charge on any atom is 0.0418 e. The molecular weight excluding hydrogens is 232 g/mol. The van der Waals surface area contributed by atoms with E-state index in [4.69, 9.17) is 0 Å². The predicted molar refractivity (Wildman–Crippen MR) is 81.4 cm³/mol. The zero-order chi connectivity index (χ0) is 13.2. The molecule has 3 rings (SSSR count). The molecule has 0 radical (unpaired) electrons. The van der Waals surface area contributed by atoms with Gasteiger partial charge >= 0.3 is 0 Å². The molecule has 0 spiro atoms. The normalized spacial score (nSPS) is 29.9. The van der Waals surface area contributed by atoms with Crippen LogP contribution in [0.25, 0.3) is 0 Å². The Morgan fingerprint density at radius 3 is 2.95 bits per heavy atom. The molecule has 2 aliphatic rings. The minimum atomic E-state index is 0.703. The Labute approximate surface area is 117 Å². The van der Waals surface area contributed by atoms with Crippen molar-refractivity contribution in [1.29, 1.82) is 0 Å². The van der Waals surface area contributed by atoms with Crippen LogP contribution in [0.4, 0.5) is 5.69 Å². The fraction of sp³-hybridized carbons (Fsp3) is 0.647. The first-order valence-corrected chi connectivity index (χ1v) is 7.83. The third-order valence-electron chi connectivity index (χ3n) is 5.18. The van der Waals surface area contributed by atoms with Crippen LogP contribution in [0.2, 0.25) is 0 Å². The van der Waals surface area contributed by atoms with Crippen molar-refractivity contribution in [3.05, 3.63) is 29.3 Å². The fourth-order valence-corrected chi connectivity index (χ4v) is 3.62. The van der Waals surface area contributed by atoms with Gasteiger partial charge in [-0.25, -0.2) is 0 Å². The summed E-state index contributed by atoms with van der Waals surface area (Å²) in [6.45, 7) is 6.92. The summed E-state index contributed by atoms with van der Waals surface area (Å²) in [7, 11) is 0. The summed E-state index contributed by atoms with van der Waals surface area (Å²) in [4.78, 5) is 0. The van der Waals surface area contributed by atoms with Crippen molar-refractivity contribution in [2.24, 2.45) is 11.8 Å². The maximum atomic E-state index is 3.79. The summed E-state index contributed by atoms with van der Waals surface area (Å²) >= 11 is 0. The van der Waals surface area contributed by atoms with Crippen molar-refractivity contribution in [2.45, 2.75) is 52.1 Å². The Hall–Kier alpha value is -1.02. The van der Waals surface area contributed by atoms with Crippen molar-refractivity contribution >= 4 is 5.69 Å². The van der Waals surface area contributed by atoms with Gasteiger partial charge < -0.3 is 10.6 Å². The highest BCUT2D eigenvalue weighted by atomic mass is 14.9. The van der Waals surface area contributed by atoms with Gasteiger partial charge in [0.15, 0.2) is 0 Å². The number of aryl methyl sites for hydroxylation is 1. The lowest BCUT2D eigenvalue weighted by Crippen LogP contribution is -2.32. The third kappa shape index (κ3) is 2.64. The van der Waals surface area contributed by atoms with E-state index in [0.717, 1.165) is 24.9 Å². The molecule has 0 bridgehead atoms. The molecule has 1 aromatic rings.